The van der Waals surface area contributed by atoms with Gasteiger partial charge >= 0.3 is 5.97 Å². The summed E-state index contributed by atoms with van der Waals surface area (Å²) in [5.74, 6) is -1.38. The minimum atomic E-state index is -1.00. The van der Waals surface area contributed by atoms with Crippen molar-refractivity contribution in [3.63, 3.8) is 0 Å². The largest absolute Gasteiger partial charge is 0.478 e. The Kier molecular flexibility index (Phi) is 3.58. The molecule has 2 aromatic carbocycles. The molecule has 2 nitrogen and oxygen atoms in total. The summed E-state index contributed by atoms with van der Waals surface area (Å²) in [6, 6.07) is 7.68. The van der Waals surface area contributed by atoms with Crippen molar-refractivity contribution in [2.45, 2.75) is 13.8 Å². The molecule has 0 radical (unpaired) electrons. The molecule has 0 fully saturated rings. The highest BCUT2D eigenvalue weighted by Gasteiger charge is 2.12. The van der Waals surface area contributed by atoms with Gasteiger partial charge in [0.1, 0.15) is 5.82 Å². The molecule has 0 heterocycles. The quantitative estimate of drug-likeness (QED) is 0.880. The Morgan fingerprint density at radius 1 is 1.11 bits per heavy atom. The molecule has 0 amide bonds. The molecule has 2 rings (SSSR count). The van der Waals surface area contributed by atoms with Gasteiger partial charge in [-0.05, 0) is 54.8 Å². The fourth-order valence-corrected chi connectivity index (χ4v) is 2.16. The smallest absolute Gasteiger partial charge is 0.335 e. The van der Waals surface area contributed by atoms with Crippen LogP contribution < -0.4 is 0 Å². The number of halogens is 2. The zero-order valence-corrected chi connectivity index (χ0v) is 11.3. The molecule has 2 aromatic rings. The molecule has 0 aliphatic rings. The van der Waals surface area contributed by atoms with E-state index >= 15 is 0 Å². The van der Waals surface area contributed by atoms with Crippen molar-refractivity contribution in [2.24, 2.45) is 0 Å². The fourth-order valence-electron chi connectivity index (χ4n) is 1.91. The van der Waals surface area contributed by atoms with Gasteiger partial charge < -0.3 is 5.11 Å². The highest BCUT2D eigenvalue weighted by atomic mass is 35.5. The van der Waals surface area contributed by atoms with Crippen LogP contribution in [0.4, 0.5) is 4.39 Å². The van der Waals surface area contributed by atoms with E-state index in [1.165, 1.54) is 12.1 Å². The number of carbonyl (C=O) groups is 1. The molecule has 0 atom stereocenters. The van der Waals surface area contributed by atoms with E-state index in [4.69, 9.17) is 16.7 Å². The lowest BCUT2D eigenvalue weighted by atomic mass is 9.96. The van der Waals surface area contributed by atoms with Crippen molar-refractivity contribution in [1.82, 2.24) is 0 Å². The zero-order chi connectivity index (χ0) is 14.2. The van der Waals surface area contributed by atoms with Crippen LogP contribution in [0, 0.1) is 19.7 Å². The third-order valence-electron chi connectivity index (χ3n) is 3.02. The summed E-state index contributed by atoms with van der Waals surface area (Å²) in [7, 11) is 0. The van der Waals surface area contributed by atoms with Crippen molar-refractivity contribution in [1.29, 1.82) is 0 Å². The highest BCUT2D eigenvalue weighted by molar-refractivity contribution is 6.33. The average Bonchev–Trinajstić information content (AvgIpc) is 2.34. The van der Waals surface area contributed by atoms with Crippen LogP contribution in [0.2, 0.25) is 5.02 Å². The lowest BCUT2D eigenvalue weighted by molar-refractivity contribution is 0.0697. The number of aromatic carboxylic acids is 1. The molecular weight excluding hydrogens is 267 g/mol. The van der Waals surface area contributed by atoms with E-state index in [9.17, 15) is 9.18 Å². The molecule has 0 spiro atoms. The van der Waals surface area contributed by atoms with Gasteiger partial charge in [-0.3, -0.25) is 0 Å². The molecular formula is C15H12ClFO2. The summed E-state index contributed by atoms with van der Waals surface area (Å²) in [4.78, 5) is 11.0. The minimum absolute atomic E-state index is 0.179. The van der Waals surface area contributed by atoms with E-state index in [-0.39, 0.29) is 16.4 Å². The Labute approximate surface area is 115 Å². The van der Waals surface area contributed by atoms with E-state index in [2.05, 4.69) is 0 Å². The molecule has 1 N–H and O–H groups in total. The Morgan fingerprint density at radius 3 is 2.42 bits per heavy atom. The van der Waals surface area contributed by atoms with Crippen molar-refractivity contribution in [3.8, 4) is 11.1 Å². The Hall–Kier alpha value is -1.87. The van der Waals surface area contributed by atoms with Crippen molar-refractivity contribution in [3.05, 3.63) is 57.9 Å². The Bertz CT molecular complexity index is 665. The maximum absolute atomic E-state index is 13.4. The summed E-state index contributed by atoms with van der Waals surface area (Å²) in [6.07, 6.45) is 0. The average molecular weight is 279 g/mol. The number of hydrogen-bond donors (Lipinski definition) is 1. The van der Waals surface area contributed by atoms with Crippen LogP contribution in [0.5, 0.6) is 0 Å². The maximum atomic E-state index is 13.4. The van der Waals surface area contributed by atoms with E-state index in [0.717, 1.165) is 5.56 Å². The number of aryl methyl sites for hydroxylation is 2. The molecule has 0 aromatic heterocycles. The third kappa shape index (κ3) is 2.61. The van der Waals surface area contributed by atoms with Gasteiger partial charge in [-0.2, -0.15) is 0 Å². The molecule has 19 heavy (non-hydrogen) atoms. The van der Waals surface area contributed by atoms with E-state index < -0.39 is 5.97 Å². The van der Waals surface area contributed by atoms with Crippen LogP contribution in [0.1, 0.15) is 21.5 Å². The van der Waals surface area contributed by atoms with Crippen molar-refractivity contribution in [2.75, 3.05) is 0 Å². The van der Waals surface area contributed by atoms with Gasteiger partial charge in [-0.15, -0.1) is 0 Å². The highest BCUT2D eigenvalue weighted by Crippen LogP contribution is 2.33. The minimum Gasteiger partial charge on any atom is -0.478 e. The first-order valence-electron chi connectivity index (χ1n) is 5.70. The van der Waals surface area contributed by atoms with Gasteiger partial charge in [0.25, 0.3) is 0 Å². The van der Waals surface area contributed by atoms with Crippen LogP contribution in [0.15, 0.2) is 30.3 Å². The number of benzene rings is 2. The molecule has 98 valence electrons. The summed E-state index contributed by atoms with van der Waals surface area (Å²) in [6.45, 7) is 3.50. The predicted molar refractivity (Wildman–Crippen MR) is 73.3 cm³/mol. The van der Waals surface area contributed by atoms with Crippen molar-refractivity contribution >= 4 is 17.6 Å². The fraction of sp³-hybridized carbons (Fsp3) is 0.133. The molecule has 0 aliphatic heterocycles. The molecule has 0 unspecified atom stereocenters. The second-order valence-corrected chi connectivity index (χ2v) is 4.82. The van der Waals surface area contributed by atoms with Crippen molar-refractivity contribution < 1.29 is 14.3 Å². The predicted octanol–water partition coefficient (Wildman–Crippen LogP) is 4.46. The topological polar surface area (TPSA) is 37.3 Å². The maximum Gasteiger partial charge on any atom is 0.335 e. The van der Waals surface area contributed by atoms with Gasteiger partial charge in [0.2, 0.25) is 0 Å². The van der Waals surface area contributed by atoms with E-state index in [0.29, 0.717) is 16.7 Å². The van der Waals surface area contributed by atoms with E-state index in [1.54, 1.807) is 25.1 Å². The molecule has 0 aliphatic carbocycles. The normalized spacial score (nSPS) is 10.5. The molecule has 4 heteroatoms. The van der Waals surface area contributed by atoms with Crippen LogP contribution in [-0.2, 0) is 0 Å². The summed E-state index contributed by atoms with van der Waals surface area (Å²) >= 11 is 6.05. The number of carboxylic acids is 1. The lowest BCUT2D eigenvalue weighted by Gasteiger charge is -2.11. The summed E-state index contributed by atoms with van der Waals surface area (Å²) in [5.41, 5.74) is 2.88. The van der Waals surface area contributed by atoms with Gasteiger partial charge in [0, 0.05) is 5.56 Å². The van der Waals surface area contributed by atoms with Crippen LogP contribution >= 0.6 is 11.6 Å². The Balaban J connectivity index is 2.67. The number of hydrogen-bond acceptors (Lipinski definition) is 1. The number of rotatable bonds is 2. The van der Waals surface area contributed by atoms with E-state index in [1.807, 2.05) is 6.92 Å². The standard InChI is InChI=1S/C15H12ClFO2/c1-8-3-4-10(15(18)19)6-11(8)12-5-9(2)14(17)7-13(12)16/h3-7H,1-2H3,(H,18,19). The van der Waals surface area contributed by atoms with Crippen LogP contribution in [0.25, 0.3) is 11.1 Å². The number of carboxylic acid groups (broad SMARTS) is 1. The molecule has 0 saturated heterocycles. The first-order chi connectivity index (χ1) is 8.90. The second kappa shape index (κ2) is 5.02. The summed E-state index contributed by atoms with van der Waals surface area (Å²) in [5, 5.41) is 9.29. The first kappa shape index (κ1) is 13.6. The second-order valence-electron chi connectivity index (χ2n) is 4.42. The van der Waals surface area contributed by atoms with Gasteiger partial charge in [0.05, 0.1) is 10.6 Å². The van der Waals surface area contributed by atoms with Gasteiger partial charge in [-0.1, -0.05) is 17.7 Å². The van der Waals surface area contributed by atoms with Crippen LogP contribution in [-0.4, -0.2) is 11.1 Å². The van der Waals surface area contributed by atoms with Gasteiger partial charge in [0.15, 0.2) is 0 Å². The summed E-state index contributed by atoms with van der Waals surface area (Å²) < 4.78 is 13.4. The first-order valence-corrected chi connectivity index (χ1v) is 6.08. The molecule has 0 saturated carbocycles. The zero-order valence-electron chi connectivity index (χ0n) is 10.5. The van der Waals surface area contributed by atoms with Gasteiger partial charge in [-0.25, -0.2) is 9.18 Å². The lowest BCUT2D eigenvalue weighted by Crippen LogP contribution is -1.98. The SMILES string of the molecule is Cc1cc(-c2cc(C(=O)O)ccc2C)c(Cl)cc1F. The molecule has 0 bridgehead atoms. The Morgan fingerprint density at radius 2 is 1.79 bits per heavy atom. The third-order valence-corrected chi connectivity index (χ3v) is 3.34. The van der Waals surface area contributed by atoms with Crippen LogP contribution in [0.3, 0.4) is 0 Å². The monoisotopic (exact) mass is 278 g/mol.